The molecule has 0 bridgehead atoms. The number of hydrogen-bond acceptors (Lipinski definition) is 6. The summed E-state index contributed by atoms with van der Waals surface area (Å²) in [7, 11) is 0. The van der Waals surface area contributed by atoms with E-state index in [4.69, 9.17) is 9.84 Å². The van der Waals surface area contributed by atoms with Gasteiger partial charge in [-0.3, -0.25) is 4.79 Å². The van der Waals surface area contributed by atoms with Gasteiger partial charge in [-0.1, -0.05) is 11.8 Å². The summed E-state index contributed by atoms with van der Waals surface area (Å²) >= 11 is 1.14. The maximum Gasteiger partial charge on any atom is 0.313 e. The predicted octanol–water partition coefficient (Wildman–Crippen LogP) is 0.276. The van der Waals surface area contributed by atoms with Crippen molar-refractivity contribution in [2.75, 3.05) is 19.0 Å². The summed E-state index contributed by atoms with van der Waals surface area (Å²) in [5.41, 5.74) is 0. The number of carboxylic acid groups (broad SMARTS) is 1. The first-order valence-corrected chi connectivity index (χ1v) is 6.43. The van der Waals surface area contributed by atoms with Crippen LogP contribution in [0, 0.1) is 5.92 Å². The fourth-order valence-corrected chi connectivity index (χ4v) is 2.34. The molecular weight excluding hydrogens is 244 g/mol. The number of tetrazole rings is 1. The van der Waals surface area contributed by atoms with Crippen LogP contribution < -0.4 is 0 Å². The van der Waals surface area contributed by atoms with E-state index >= 15 is 0 Å². The molecule has 1 saturated heterocycles. The Balaban J connectivity index is 1.91. The van der Waals surface area contributed by atoms with E-state index < -0.39 is 5.97 Å². The summed E-state index contributed by atoms with van der Waals surface area (Å²) in [6.45, 7) is 2.24. The highest BCUT2D eigenvalue weighted by molar-refractivity contribution is 7.99. The number of carboxylic acids is 1. The maximum absolute atomic E-state index is 10.5. The van der Waals surface area contributed by atoms with Gasteiger partial charge in [0.05, 0.1) is 18.9 Å². The van der Waals surface area contributed by atoms with Crippen LogP contribution in [-0.4, -0.2) is 50.2 Å². The SMILES string of the molecule is O=C(O)CSc1nnnn1CC1CCCOC1. The number of aliphatic carboxylic acids is 1. The molecule has 0 amide bonds. The molecule has 8 heteroatoms. The minimum Gasteiger partial charge on any atom is -0.481 e. The molecule has 0 spiro atoms. The van der Waals surface area contributed by atoms with Gasteiger partial charge in [-0.25, -0.2) is 4.68 Å². The van der Waals surface area contributed by atoms with Crippen LogP contribution in [-0.2, 0) is 16.1 Å². The third-order valence-corrected chi connectivity index (χ3v) is 3.45. The first-order chi connectivity index (χ1) is 8.25. The van der Waals surface area contributed by atoms with Gasteiger partial charge in [-0.2, -0.15) is 0 Å². The molecule has 0 saturated carbocycles. The Morgan fingerprint density at radius 3 is 3.24 bits per heavy atom. The molecule has 1 N–H and O–H groups in total. The predicted molar refractivity (Wildman–Crippen MR) is 59.7 cm³/mol. The Bertz CT molecular complexity index is 378. The van der Waals surface area contributed by atoms with Gasteiger partial charge in [0.25, 0.3) is 0 Å². The number of aromatic nitrogens is 4. The third-order valence-electron chi connectivity index (χ3n) is 2.51. The normalized spacial score (nSPS) is 20.4. The van der Waals surface area contributed by atoms with Crippen molar-refractivity contribution in [3.05, 3.63) is 0 Å². The minimum atomic E-state index is -0.870. The summed E-state index contributed by atoms with van der Waals surface area (Å²) in [4.78, 5) is 10.5. The fourth-order valence-electron chi connectivity index (χ4n) is 1.74. The standard InChI is InChI=1S/C9H14N4O3S/c14-8(15)6-17-9-10-11-12-13(9)4-7-2-1-3-16-5-7/h7H,1-6H2,(H,14,15). The summed E-state index contributed by atoms with van der Waals surface area (Å²) < 4.78 is 7.05. The zero-order valence-corrected chi connectivity index (χ0v) is 10.1. The third kappa shape index (κ3) is 3.67. The average Bonchev–Trinajstić information content (AvgIpc) is 2.75. The van der Waals surface area contributed by atoms with E-state index in [2.05, 4.69) is 15.5 Å². The zero-order valence-electron chi connectivity index (χ0n) is 9.28. The van der Waals surface area contributed by atoms with Gasteiger partial charge in [0, 0.05) is 12.5 Å². The molecule has 17 heavy (non-hydrogen) atoms. The summed E-state index contributed by atoms with van der Waals surface area (Å²) in [6, 6.07) is 0. The maximum atomic E-state index is 10.5. The molecule has 1 aromatic rings. The molecular formula is C9H14N4O3S. The summed E-state index contributed by atoms with van der Waals surface area (Å²) in [6.07, 6.45) is 2.16. The summed E-state index contributed by atoms with van der Waals surface area (Å²) in [5.74, 6) is -0.483. The molecule has 7 nitrogen and oxygen atoms in total. The lowest BCUT2D eigenvalue weighted by Crippen LogP contribution is -2.23. The van der Waals surface area contributed by atoms with Crippen LogP contribution in [0.25, 0.3) is 0 Å². The van der Waals surface area contributed by atoms with Gasteiger partial charge < -0.3 is 9.84 Å². The second kappa shape index (κ2) is 5.97. The van der Waals surface area contributed by atoms with Crippen molar-refractivity contribution < 1.29 is 14.6 Å². The summed E-state index contributed by atoms with van der Waals surface area (Å²) in [5, 5.41) is 20.4. The number of hydrogen-bond donors (Lipinski definition) is 1. The van der Waals surface area contributed by atoms with E-state index in [-0.39, 0.29) is 5.75 Å². The quantitative estimate of drug-likeness (QED) is 0.758. The molecule has 1 atom stereocenters. The van der Waals surface area contributed by atoms with Gasteiger partial charge in [-0.05, 0) is 23.3 Å². The van der Waals surface area contributed by atoms with E-state index in [1.807, 2.05) is 0 Å². The van der Waals surface area contributed by atoms with Crippen molar-refractivity contribution in [2.45, 2.75) is 24.5 Å². The number of carbonyl (C=O) groups is 1. The van der Waals surface area contributed by atoms with Crippen molar-refractivity contribution in [3.8, 4) is 0 Å². The molecule has 1 aliphatic heterocycles. The Kier molecular flexibility index (Phi) is 4.32. The van der Waals surface area contributed by atoms with Crippen LogP contribution in [0.15, 0.2) is 5.16 Å². The van der Waals surface area contributed by atoms with Crippen LogP contribution in [0.4, 0.5) is 0 Å². The van der Waals surface area contributed by atoms with Crippen molar-refractivity contribution in [2.24, 2.45) is 5.92 Å². The van der Waals surface area contributed by atoms with Crippen LogP contribution in [0.2, 0.25) is 0 Å². The zero-order chi connectivity index (χ0) is 12.1. The Morgan fingerprint density at radius 1 is 1.65 bits per heavy atom. The monoisotopic (exact) mass is 258 g/mol. The highest BCUT2D eigenvalue weighted by Crippen LogP contribution is 2.19. The average molecular weight is 258 g/mol. The van der Waals surface area contributed by atoms with E-state index in [1.54, 1.807) is 4.68 Å². The van der Waals surface area contributed by atoms with Gasteiger partial charge in [0.15, 0.2) is 0 Å². The number of rotatable bonds is 5. The van der Waals surface area contributed by atoms with E-state index in [0.717, 1.165) is 37.8 Å². The topological polar surface area (TPSA) is 90.1 Å². The first-order valence-electron chi connectivity index (χ1n) is 5.44. The van der Waals surface area contributed by atoms with E-state index in [9.17, 15) is 4.79 Å². The molecule has 2 rings (SSSR count). The highest BCUT2D eigenvalue weighted by Gasteiger charge is 2.17. The largest absolute Gasteiger partial charge is 0.481 e. The van der Waals surface area contributed by atoms with Crippen LogP contribution in [0.5, 0.6) is 0 Å². The Hall–Kier alpha value is -1.15. The molecule has 0 aliphatic carbocycles. The lowest BCUT2D eigenvalue weighted by atomic mass is 10.0. The minimum absolute atomic E-state index is 0.0263. The number of ether oxygens (including phenoxy) is 1. The number of thioether (sulfide) groups is 1. The highest BCUT2D eigenvalue weighted by atomic mass is 32.2. The number of nitrogens with zero attached hydrogens (tertiary/aromatic N) is 4. The molecule has 0 radical (unpaired) electrons. The van der Waals surface area contributed by atoms with Gasteiger partial charge >= 0.3 is 5.97 Å². The second-order valence-corrected chi connectivity index (χ2v) is 4.85. The van der Waals surface area contributed by atoms with Gasteiger partial charge in [0.1, 0.15) is 0 Å². The van der Waals surface area contributed by atoms with Crippen molar-refractivity contribution in [1.29, 1.82) is 0 Å². The molecule has 1 aromatic heterocycles. The fraction of sp³-hybridized carbons (Fsp3) is 0.778. The molecule has 1 fully saturated rings. The lowest BCUT2D eigenvalue weighted by molar-refractivity contribution is -0.133. The molecule has 0 aromatic carbocycles. The Labute approximate surface area is 103 Å². The smallest absolute Gasteiger partial charge is 0.313 e. The van der Waals surface area contributed by atoms with Crippen molar-refractivity contribution in [1.82, 2.24) is 20.2 Å². The lowest BCUT2D eigenvalue weighted by Gasteiger charge is -2.21. The Morgan fingerprint density at radius 2 is 2.53 bits per heavy atom. The van der Waals surface area contributed by atoms with E-state index in [0.29, 0.717) is 17.6 Å². The van der Waals surface area contributed by atoms with Crippen LogP contribution in [0.1, 0.15) is 12.8 Å². The molecule has 1 unspecified atom stereocenters. The first kappa shape index (κ1) is 12.3. The van der Waals surface area contributed by atoms with Crippen LogP contribution >= 0.6 is 11.8 Å². The van der Waals surface area contributed by atoms with Gasteiger partial charge in [0.2, 0.25) is 5.16 Å². The molecule has 2 heterocycles. The van der Waals surface area contributed by atoms with Crippen molar-refractivity contribution >= 4 is 17.7 Å². The van der Waals surface area contributed by atoms with E-state index in [1.165, 1.54) is 0 Å². The van der Waals surface area contributed by atoms with Gasteiger partial charge in [-0.15, -0.1) is 5.10 Å². The molecule has 1 aliphatic rings. The second-order valence-electron chi connectivity index (χ2n) is 3.91. The van der Waals surface area contributed by atoms with Crippen LogP contribution in [0.3, 0.4) is 0 Å². The van der Waals surface area contributed by atoms with Crippen molar-refractivity contribution in [3.63, 3.8) is 0 Å². The molecule has 94 valence electrons.